The first-order chi connectivity index (χ1) is 9.06. The lowest BCUT2D eigenvalue weighted by atomic mass is 10.1. The molecule has 0 radical (unpaired) electrons. The molecule has 1 rings (SSSR count). The van der Waals surface area contributed by atoms with E-state index in [0.717, 1.165) is 6.42 Å². The molecule has 0 aliphatic heterocycles. The van der Waals surface area contributed by atoms with Crippen LogP contribution in [0.5, 0.6) is 5.75 Å². The minimum Gasteiger partial charge on any atom is -0.493 e. The van der Waals surface area contributed by atoms with Gasteiger partial charge in [-0.05, 0) is 19.9 Å². The van der Waals surface area contributed by atoms with E-state index in [4.69, 9.17) is 9.47 Å². The topological polar surface area (TPSA) is 81.8 Å². The highest BCUT2D eigenvalue weighted by Crippen LogP contribution is 2.29. The van der Waals surface area contributed by atoms with Crippen LogP contribution < -0.4 is 4.74 Å². The van der Waals surface area contributed by atoms with Gasteiger partial charge in [-0.3, -0.25) is 10.1 Å². The molecule has 19 heavy (non-hydrogen) atoms. The molecular weight excluding hydrogens is 250 g/mol. The number of hydrogen-bond acceptors (Lipinski definition) is 5. The quantitative estimate of drug-likeness (QED) is 0.445. The van der Waals surface area contributed by atoms with E-state index >= 15 is 0 Å². The first kappa shape index (κ1) is 15.4. The van der Waals surface area contributed by atoms with Gasteiger partial charge in [0.05, 0.1) is 17.6 Å². The number of nitrogens with zero attached hydrogens (tertiary/aromatic N) is 1. The van der Waals surface area contributed by atoms with Crippen LogP contribution >= 0.6 is 0 Å². The highest BCUT2D eigenvalue weighted by Gasteiger charge is 2.15. The zero-order chi connectivity index (χ0) is 14.3. The molecule has 0 aliphatic rings. The van der Waals surface area contributed by atoms with Crippen LogP contribution in [0, 0.1) is 10.1 Å². The number of rotatable bonds is 8. The van der Waals surface area contributed by atoms with Crippen LogP contribution in [0.15, 0.2) is 18.2 Å². The number of non-ortho nitro benzene ring substituents is 1. The van der Waals surface area contributed by atoms with Crippen molar-refractivity contribution < 1.29 is 19.5 Å². The third-order valence-corrected chi connectivity index (χ3v) is 2.55. The number of benzene rings is 1. The van der Waals surface area contributed by atoms with Crippen LogP contribution in [0.1, 0.15) is 31.9 Å². The predicted molar refractivity (Wildman–Crippen MR) is 70.3 cm³/mol. The summed E-state index contributed by atoms with van der Waals surface area (Å²) in [6, 6.07) is 4.22. The van der Waals surface area contributed by atoms with Crippen molar-refractivity contribution in [2.75, 3.05) is 19.8 Å². The molecule has 0 bridgehead atoms. The van der Waals surface area contributed by atoms with Gasteiger partial charge >= 0.3 is 0 Å². The Labute approximate surface area is 112 Å². The van der Waals surface area contributed by atoms with Crippen LogP contribution in [-0.4, -0.2) is 29.9 Å². The summed E-state index contributed by atoms with van der Waals surface area (Å²) in [6.45, 7) is 5.18. The summed E-state index contributed by atoms with van der Waals surface area (Å²) in [4.78, 5) is 10.2. The summed E-state index contributed by atoms with van der Waals surface area (Å²) < 4.78 is 10.7. The summed E-state index contributed by atoms with van der Waals surface area (Å²) in [5.41, 5.74) is 0.364. The molecule has 106 valence electrons. The zero-order valence-corrected chi connectivity index (χ0v) is 11.2. The van der Waals surface area contributed by atoms with Gasteiger partial charge in [0, 0.05) is 37.3 Å². The van der Waals surface area contributed by atoms with Gasteiger partial charge in [0.2, 0.25) is 0 Å². The van der Waals surface area contributed by atoms with E-state index in [1.165, 1.54) is 18.2 Å². The van der Waals surface area contributed by atoms with Crippen molar-refractivity contribution in [2.45, 2.75) is 26.4 Å². The Hall–Kier alpha value is -1.66. The molecule has 0 amide bonds. The second-order valence-electron chi connectivity index (χ2n) is 4.05. The molecule has 0 heterocycles. The number of ether oxygens (including phenoxy) is 2. The largest absolute Gasteiger partial charge is 0.493 e. The molecule has 0 aromatic heterocycles. The molecule has 0 fully saturated rings. The van der Waals surface area contributed by atoms with Crippen LogP contribution in [-0.2, 0) is 4.74 Å². The highest BCUT2D eigenvalue weighted by molar-refractivity contribution is 5.44. The highest BCUT2D eigenvalue weighted by atomic mass is 16.6. The maximum absolute atomic E-state index is 10.7. The fraction of sp³-hybridized carbons (Fsp3) is 0.538. The van der Waals surface area contributed by atoms with Crippen LogP contribution in [0.2, 0.25) is 0 Å². The Morgan fingerprint density at radius 1 is 1.42 bits per heavy atom. The van der Waals surface area contributed by atoms with E-state index < -0.39 is 11.0 Å². The van der Waals surface area contributed by atoms with E-state index in [1.54, 1.807) is 6.92 Å². The molecule has 6 heteroatoms. The smallest absolute Gasteiger partial charge is 0.270 e. The van der Waals surface area contributed by atoms with E-state index in [2.05, 4.69) is 0 Å². The summed E-state index contributed by atoms with van der Waals surface area (Å²) in [6.07, 6.45) is -0.0915. The van der Waals surface area contributed by atoms with Crippen molar-refractivity contribution in [3.63, 3.8) is 0 Å². The van der Waals surface area contributed by atoms with Crippen molar-refractivity contribution in [1.82, 2.24) is 0 Å². The second kappa shape index (κ2) is 7.70. The van der Waals surface area contributed by atoms with Gasteiger partial charge in [0.15, 0.2) is 0 Å². The molecule has 6 nitrogen and oxygen atoms in total. The molecule has 0 aliphatic carbocycles. The zero-order valence-electron chi connectivity index (χ0n) is 11.2. The van der Waals surface area contributed by atoms with Crippen molar-refractivity contribution in [3.8, 4) is 5.75 Å². The Morgan fingerprint density at radius 3 is 2.74 bits per heavy atom. The number of nitro benzene ring substituents is 1. The minimum absolute atomic E-state index is 0.0578. The SMILES string of the molecule is CCOCCCOc1ccc([N+](=O)[O-])cc1C(C)O. The van der Waals surface area contributed by atoms with Crippen molar-refractivity contribution >= 4 is 5.69 Å². The van der Waals surface area contributed by atoms with E-state index in [9.17, 15) is 15.2 Å². The predicted octanol–water partition coefficient (Wildman–Crippen LogP) is 2.45. The molecule has 1 unspecified atom stereocenters. The van der Waals surface area contributed by atoms with Gasteiger partial charge in [-0.15, -0.1) is 0 Å². The third kappa shape index (κ3) is 4.84. The molecule has 0 saturated carbocycles. The Kier molecular flexibility index (Phi) is 6.24. The van der Waals surface area contributed by atoms with Gasteiger partial charge in [-0.2, -0.15) is 0 Å². The Balaban J connectivity index is 2.69. The van der Waals surface area contributed by atoms with Gasteiger partial charge in [-0.1, -0.05) is 0 Å². The number of aliphatic hydroxyl groups is 1. The van der Waals surface area contributed by atoms with Gasteiger partial charge in [0.1, 0.15) is 5.75 Å². The Morgan fingerprint density at radius 2 is 2.16 bits per heavy atom. The van der Waals surface area contributed by atoms with Crippen molar-refractivity contribution in [2.24, 2.45) is 0 Å². The molecular formula is C13H19NO5. The summed E-state index contributed by atoms with van der Waals surface area (Å²) in [7, 11) is 0. The van der Waals surface area contributed by atoms with Gasteiger partial charge < -0.3 is 14.6 Å². The fourth-order valence-corrected chi connectivity index (χ4v) is 1.59. The van der Waals surface area contributed by atoms with Crippen LogP contribution in [0.25, 0.3) is 0 Å². The van der Waals surface area contributed by atoms with Crippen LogP contribution in [0.3, 0.4) is 0 Å². The summed E-state index contributed by atoms with van der Waals surface area (Å²) in [5.74, 6) is 0.470. The van der Waals surface area contributed by atoms with E-state index in [1.807, 2.05) is 6.92 Å². The molecule has 1 aromatic carbocycles. The van der Waals surface area contributed by atoms with Gasteiger partial charge in [-0.25, -0.2) is 0 Å². The number of nitro groups is 1. The fourth-order valence-electron chi connectivity index (χ4n) is 1.59. The normalized spacial score (nSPS) is 12.2. The van der Waals surface area contributed by atoms with E-state index in [-0.39, 0.29) is 5.69 Å². The lowest BCUT2D eigenvalue weighted by molar-refractivity contribution is -0.385. The third-order valence-electron chi connectivity index (χ3n) is 2.55. The molecule has 1 aromatic rings. The summed E-state index contributed by atoms with van der Waals surface area (Å²) >= 11 is 0. The van der Waals surface area contributed by atoms with Gasteiger partial charge in [0.25, 0.3) is 5.69 Å². The first-order valence-corrected chi connectivity index (χ1v) is 6.23. The van der Waals surface area contributed by atoms with Crippen molar-refractivity contribution in [3.05, 3.63) is 33.9 Å². The number of aliphatic hydroxyl groups excluding tert-OH is 1. The van der Waals surface area contributed by atoms with E-state index in [0.29, 0.717) is 31.1 Å². The molecule has 1 atom stereocenters. The number of hydrogen-bond donors (Lipinski definition) is 1. The maximum atomic E-state index is 10.7. The Bertz CT molecular complexity index is 419. The average molecular weight is 269 g/mol. The van der Waals surface area contributed by atoms with Crippen LogP contribution in [0.4, 0.5) is 5.69 Å². The summed E-state index contributed by atoms with van der Waals surface area (Å²) in [5, 5.41) is 20.3. The lowest BCUT2D eigenvalue weighted by Gasteiger charge is -2.13. The average Bonchev–Trinajstić information content (AvgIpc) is 2.38. The monoisotopic (exact) mass is 269 g/mol. The van der Waals surface area contributed by atoms with Crippen molar-refractivity contribution in [1.29, 1.82) is 0 Å². The molecule has 0 saturated heterocycles. The maximum Gasteiger partial charge on any atom is 0.270 e. The minimum atomic E-state index is -0.818. The lowest BCUT2D eigenvalue weighted by Crippen LogP contribution is -2.06. The second-order valence-corrected chi connectivity index (χ2v) is 4.05. The molecule has 1 N–H and O–H groups in total. The first-order valence-electron chi connectivity index (χ1n) is 6.23. The standard InChI is InChI=1S/C13H19NO5/c1-3-18-7-4-8-19-13-6-5-11(14(16)17)9-12(13)10(2)15/h5-6,9-10,15H,3-4,7-8H2,1-2H3. The molecule has 0 spiro atoms.